The van der Waals surface area contributed by atoms with E-state index in [-0.39, 0.29) is 21.1 Å². The minimum Gasteiger partial charge on any atom is -0.245 e. The quantitative estimate of drug-likeness (QED) is 0.307. The standard InChI is InChI=1S/C18H15P.2C3H5.Pt/c1-4-10-16(11-5-1)19(17-12-6-2-7-13-17)18-14-8-3-9-15-18;2*1-3-2;/h1-15H;2*3H,1-2H2;/q;;-1;. The second-order valence-electron chi connectivity index (χ2n) is 4.92. The molecule has 3 aromatic rings. The molecule has 0 unspecified atom stereocenters. The van der Waals surface area contributed by atoms with Crippen molar-refractivity contribution in [3.05, 3.63) is 130 Å². The van der Waals surface area contributed by atoms with Gasteiger partial charge in [0.1, 0.15) is 0 Å². The van der Waals surface area contributed by atoms with E-state index in [1.165, 1.54) is 28.1 Å². The van der Waals surface area contributed by atoms with E-state index in [9.17, 15) is 0 Å². The molecule has 0 heterocycles. The maximum absolute atomic E-state index is 3.25. The second kappa shape index (κ2) is 15.4. The molecule has 2 heteroatoms. The molecular weight excluding hydrogens is 514 g/mol. The zero-order valence-corrected chi connectivity index (χ0v) is 18.1. The molecule has 0 amide bonds. The number of hydrogen-bond acceptors (Lipinski definition) is 0. The third-order valence-electron chi connectivity index (χ3n) is 3.04. The van der Waals surface area contributed by atoms with Crippen molar-refractivity contribution in [1.82, 2.24) is 0 Å². The van der Waals surface area contributed by atoms with Crippen LogP contribution in [0.2, 0.25) is 0 Å². The van der Waals surface area contributed by atoms with Gasteiger partial charge in [-0.2, -0.15) is 0 Å². The molecule has 3 rings (SSSR count). The van der Waals surface area contributed by atoms with Crippen LogP contribution in [-0.4, -0.2) is 0 Å². The van der Waals surface area contributed by atoms with Gasteiger partial charge in [0.15, 0.2) is 0 Å². The molecular formula is C24H25PPt-. The molecule has 26 heavy (non-hydrogen) atoms. The molecule has 0 nitrogen and oxygen atoms in total. The van der Waals surface area contributed by atoms with Gasteiger partial charge < -0.3 is 0 Å². The van der Waals surface area contributed by atoms with Crippen LogP contribution in [0.15, 0.2) is 116 Å². The predicted octanol–water partition coefficient (Wildman–Crippen LogP) is 5.46. The summed E-state index contributed by atoms with van der Waals surface area (Å²) < 4.78 is 0. The molecule has 1 radical (unpaired) electrons. The Kier molecular flexibility index (Phi) is 14.3. The van der Waals surface area contributed by atoms with E-state index in [0.29, 0.717) is 0 Å². The molecule has 0 aliphatic heterocycles. The van der Waals surface area contributed by atoms with Gasteiger partial charge >= 0.3 is 0 Å². The third-order valence-corrected chi connectivity index (χ3v) is 5.49. The summed E-state index contributed by atoms with van der Waals surface area (Å²) in [7, 11) is -0.446. The van der Waals surface area contributed by atoms with Crippen molar-refractivity contribution in [2.24, 2.45) is 0 Å². The van der Waals surface area contributed by atoms with Crippen LogP contribution in [0.3, 0.4) is 0 Å². The fourth-order valence-corrected chi connectivity index (χ4v) is 4.48. The maximum Gasteiger partial charge on any atom is 0 e. The second-order valence-corrected chi connectivity index (χ2v) is 7.14. The van der Waals surface area contributed by atoms with E-state index in [1.54, 1.807) is 0 Å². The summed E-state index contributed by atoms with van der Waals surface area (Å²) in [6.45, 7) is 13.0. The molecule has 0 atom stereocenters. The van der Waals surface area contributed by atoms with Gasteiger partial charge in [0, 0.05) is 21.1 Å². The van der Waals surface area contributed by atoms with E-state index >= 15 is 0 Å². The van der Waals surface area contributed by atoms with Crippen molar-refractivity contribution >= 4 is 23.8 Å². The summed E-state index contributed by atoms with van der Waals surface area (Å²) in [5.41, 5.74) is 0. The van der Waals surface area contributed by atoms with Crippen molar-refractivity contribution in [3.63, 3.8) is 0 Å². The third kappa shape index (κ3) is 8.48. The number of rotatable bonds is 3. The summed E-state index contributed by atoms with van der Waals surface area (Å²) in [5.74, 6) is 0. The molecule has 137 valence electrons. The van der Waals surface area contributed by atoms with Crippen LogP contribution in [0.1, 0.15) is 0 Å². The average Bonchev–Trinajstić information content (AvgIpc) is 2.66. The van der Waals surface area contributed by atoms with Gasteiger partial charge in [-0.25, -0.2) is 19.6 Å². The summed E-state index contributed by atoms with van der Waals surface area (Å²) in [5, 5.41) is 4.19. The number of benzene rings is 3. The fourth-order valence-electron chi connectivity index (χ4n) is 2.18. The van der Waals surface area contributed by atoms with E-state index in [4.69, 9.17) is 0 Å². The fraction of sp³-hybridized carbons (Fsp3) is 0. The maximum atomic E-state index is 3.25. The molecule has 0 aliphatic carbocycles. The van der Waals surface area contributed by atoms with Crippen molar-refractivity contribution in [2.75, 3.05) is 0 Å². The molecule has 0 aromatic heterocycles. The molecule has 0 spiro atoms. The van der Waals surface area contributed by atoms with Crippen molar-refractivity contribution in [1.29, 1.82) is 0 Å². The monoisotopic (exact) mass is 539 g/mol. The van der Waals surface area contributed by atoms with Gasteiger partial charge in [-0.3, -0.25) is 0 Å². The van der Waals surface area contributed by atoms with Crippen LogP contribution in [0.25, 0.3) is 0 Å². The van der Waals surface area contributed by atoms with Gasteiger partial charge in [-0.05, 0) is 30.8 Å². The van der Waals surface area contributed by atoms with Crippen LogP contribution in [0.4, 0.5) is 0 Å². The van der Waals surface area contributed by atoms with E-state index in [1.807, 2.05) is 0 Å². The number of hydrogen-bond donors (Lipinski definition) is 0. The Labute approximate surface area is 174 Å². The first-order valence-electron chi connectivity index (χ1n) is 8.04. The minimum absolute atomic E-state index is 0. The van der Waals surface area contributed by atoms with Crippen LogP contribution < -0.4 is 15.9 Å². The van der Waals surface area contributed by atoms with Gasteiger partial charge in [0.2, 0.25) is 0 Å². The summed E-state index contributed by atoms with van der Waals surface area (Å²) in [6, 6.07) is 32.3. The SMILES string of the molecule is C=C[CH2-].[CH2]C=C.[Pt].c1ccc(P(c2ccccc2)c2ccccc2)cc1. The van der Waals surface area contributed by atoms with Gasteiger partial charge in [-0.1, -0.05) is 97.1 Å². The smallest absolute Gasteiger partial charge is 0 e. The van der Waals surface area contributed by atoms with E-state index in [0.717, 1.165) is 0 Å². The first-order chi connectivity index (χ1) is 12.3. The van der Waals surface area contributed by atoms with Crippen LogP contribution >= 0.6 is 7.92 Å². The Hall–Kier alpha value is -1.87. The normalized spacial score (nSPS) is 8.69. The molecule has 3 aromatic carbocycles. The van der Waals surface area contributed by atoms with Gasteiger partial charge in [0.05, 0.1) is 0 Å². The Morgan fingerprint density at radius 2 is 0.808 bits per heavy atom. The number of allylic oxidation sites excluding steroid dienone is 2. The molecule has 0 aliphatic rings. The molecule has 0 saturated heterocycles. The zero-order valence-electron chi connectivity index (χ0n) is 14.9. The molecule has 0 bridgehead atoms. The van der Waals surface area contributed by atoms with Crippen molar-refractivity contribution in [2.45, 2.75) is 0 Å². The first-order valence-corrected chi connectivity index (χ1v) is 9.38. The zero-order chi connectivity index (χ0) is 18.3. The van der Waals surface area contributed by atoms with E-state index in [2.05, 4.69) is 118 Å². The van der Waals surface area contributed by atoms with Gasteiger partial charge in [0.25, 0.3) is 0 Å². The Balaban J connectivity index is 0.000000793. The molecule has 0 N–H and O–H groups in total. The largest absolute Gasteiger partial charge is 0.245 e. The van der Waals surface area contributed by atoms with Crippen molar-refractivity contribution in [3.8, 4) is 0 Å². The Bertz CT molecular complexity index is 609. The summed E-state index contributed by atoms with van der Waals surface area (Å²) in [4.78, 5) is 0. The summed E-state index contributed by atoms with van der Waals surface area (Å²) in [6.07, 6.45) is 3.00. The molecule has 0 saturated carbocycles. The van der Waals surface area contributed by atoms with Crippen LogP contribution in [-0.2, 0) is 21.1 Å². The topological polar surface area (TPSA) is 0 Å². The first kappa shape index (κ1) is 24.1. The minimum atomic E-state index is -0.446. The summed E-state index contributed by atoms with van der Waals surface area (Å²) >= 11 is 0. The van der Waals surface area contributed by atoms with E-state index < -0.39 is 7.92 Å². The molecule has 0 fully saturated rings. The Morgan fingerprint density at radius 1 is 0.615 bits per heavy atom. The van der Waals surface area contributed by atoms with Gasteiger partial charge in [-0.15, -0.1) is 6.58 Å². The van der Waals surface area contributed by atoms with Crippen LogP contribution in [0, 0.1) is 13.8 Å². The average molecular weight is 540 g/mol. The predicted molar refractivity (Wildman–Crippen MR) is 116 cm³/mol. The Morgan fingerprint density at radius 3 is 1.00 bits per heavy atom. The van der Waals surface area contributed by atoms with Crippen molar-refractivity contribution < 1.29 is 21.1 Å². The van der Waals surface area contributed by atoms with Crippen LogP contribution in [0.5, 0.6) is 0 Å².